The lowest BCUT2D eigenvalue weighted by Gasteiger charge is -2.20. The largest absolute Gasteiger partial charge is 0.496 e. The summed E-state index contributed by atoms with van der Waals surface area (Å²) < 4.78 is 10.4. The van der Waals surface area contributed by atoms with Crippen molar-refractivity contribution in [3.05, 3.63) is 29.3 Å². The van der Waals surface area contributed by atoms with E-state index in [0.717, 1.165) is 17.7 Å². The number of ketones is 1. The molecule has 1 atom stereocenters. The van der Waals surface area contributed by atoms with E-state index in [1.165, 1.54) is 14.0 Å². The van der Waals surface area contributed by atoms with Crippen LogP contribution in [0.15, 0.2) is 18.2 Å². The van der Waals surface area contributed by atoms with Gasteiger partial charge >= 0.3 is 12.0 Å². The van der Waals surface area contributed by atoms with Crippen LogP contribution >= 0.6 is 0 Å². The van der Waals surface area contributed by atoms with Crippen molar-refractivity contribution in [2.45, 2.75) is 38.8 Å². The molecule has 1 heterocycles. The number of ether oxygens (including phenoxy) is 2. The van der Waals surface area contributed by atoms with Crippen LogP contribution in [0.4, 0.5) is 4.79 Å². The third kappa shape index (κ3) is 3.65. The minimum Gasteiger partial charge on any atom is -0.496 e. The number of nitrogens with zero attached hydrogens (tertiary/aromatic N) is 1. The number of urea groups is 1. The van der Waals surface area contributed by atoms with Crippen molar-refractivity contribution in [2.24, 2.45) is 5.92 Å². The Balaban J connectivity index is 1.63. The lowest BCUT2D eigenvalue weighted by atomic mass is 9.96. The molecule has 2 aliphatic rings. The summed E-state index contributed by atoms with van der Waals surface area (Å²) in [6, 6.07) is 4.26. The molecule has 0 spiro atoms. The van der Waals surface area contributed by atoms with Gasteiger partial charge in [0.05, 0.1) is 7.11 Å². The number of esters is 1. The Hall–Kier alpha value is -2.90. The Labute approximate surface area is 156 Å². The molecule has 1 aliphatic heterocycles. The molecule has 0 radical (unpaired) electrons. The molecule has 27 heavy (non-hydrogen) atoms. The summed E-state index contributed by atoms with van der Waals surface area (Å²) in [6.45, 7) is 2.54. The molecule has 144 valence electrons. The number of imide groups is 1. The number of Topliss-reactive ketones (excluding diaryl/α,β-unsaturated/α-hetero) is 1. The van der Waals surface area contributed by atoms with Crippen molar-refractivity contribution in [2.75, 3.05) is 13.7 Å². The zero-order chi connectivity index (χ0) is 19.8. The van der Waals surface area contributed by atoms with Crippen LogP contribution in [0, 0.1) is 5.92 Å². The number of rotatable bonds is 7. The normalized spacial score (nSPS) is 21.8. The topological polar surface area (TPSA) is 102 Å². The Morgan fingerprint density at radius 1 is 1.30 bits per heavy atom. The van der Waals surface area contributed by atoms with E-state index < -0.39 is 30.0 Å². The number of carbonyl (C=O) groups is 4. The highest BCUT2D eigenvalue weighted by atomic mass is 16.5. The SMILES string of the molecule is COc1ccc(C(C)=O)cc1COC(=O)CN1C(=O)N[C@](C)(C2CC2)C1=O. The van der Waals surface area contributed by atoms with Gasteiger partial charge in [0.1, 0.15) is 24.4 Å². The van der Waals surface area contributed by atoms with Crippen LogP contribution in [-0.4, -0.2) is 47.8 Å². The van der Waals surface area contributed by atoms with Crippen LogP contribution in [0.3, 0.4) is 0 Å². The first-order valence-corrected chi connectivity index (χ1v) is 8.74. The van der Waals surface area contributed by atoms with Gasteiger partial charge in [-0.3, -0.25) is 19.3 Å². The zero-order valence-corrected chi connectivity index (χ0v) is 15.5. The summed E-state index contributed by atoms with van der Waals surface area (Å²) in [5.74, 6) is -0.640. The van der Waals surface area contributed by atoms with Gasteiger partial charge < -0.3 is 14.8 Å². The molecule has 1 aromatic rings. The molecule has 0 aromatic heterocycles. The molecule has 1 saturated heterocycles. The third-order valence-corrected chi connectivity index (χ3v) is 5.06. The van der Waals surface area contributed by atoms with E-state index in [4.69, 9.17) is 9.47 Å². The van der Waals surface area contributed by atoms with Crippen molar-refractivity contribution in [1.29, 1.82) is 0 Å². The summed E-state index contributed by atoms with van der Waals surface area (Å²) in [4.78, 5) is 49.2. The molecule has 1 N–H and O–H groups in total. The maximum Gasteiger partial charge on any atom is 0.326 e. The molecule has 3 amide bonds. The van der Waals surface area contributed by atoms with Gasteiger partial charge in [0.15, 0.2) is 5.78 Å². The Bertz CT molecular complexity index is 816. The highest BCUT2D eigenvalue weighted by Gasteiger charge is 2.56. The quantitative estimate of drug-likeness (QED) is 0.442. The highest BCUT2D eigenvalue weighted by molar-refractivity contribution is 6.08. The first-order chi connectivity index (χ1) is 12.8. The van der Waals surface area contributed by atoms with Gasteiger partial charge in [-0.2, -0.15) is 0 Å². The Morgan fingerprint density at radius 3 is 2.59 bits per heavy atom. The molecule has 1 saturated carbocycles. The van der Waals surface area contributed by atoms with Gasteiger partial charge in [-0.25, -0.2) is 4.79 Å². The molecule has 1 aromatic carbocycles. The summed E-state index contributed by atoms with van der Waals surface area (Å²) in [5.41, 5.74) is 0.0610. The fourth-order valence-electron chi connectivity index (χ4n) is 3.24. The van der Waals surface area contributed by atoms with E-state index in [9.17, 15) is 19.2 Å². The van der Waals surface area contributed by atoms with E-state index in [1.54, 1.807) is 25.1 Å². The van der Waals surface area contributed by atoms with Crippen molar-refractivity contribution in [3.8, 4) is 5.75 Å². The Kier molecular flexibility index (Phi) is 4.91. The monoisotopic (exact) mass is 374 g/mol. The lowest BCUT2D eigenvalue weighted by molar-refractivity contribution is -0.148. The maximum absolute atomic E-state index is 12.5. The summed E-state index contributed by atoms with van der Waals surface area (Å²) in [6.07, 6.45) is 1.76. The van der Waals surface area contributed by atoms with Gasteiger partial charge in [0, 0.05) is 11.1 Å². The van der Waals surface area contributed by atoms with Crippen LogP contribution in [0.2, 0.25) is 0 Å². The summed E-state index contributed by atoms with van der Waals surface area (Å²) in [5, 5.41) is 2.68. The second kappa shape index (κ2) is 7.02. The van der Waals surface area contributed by atoms with E-state index >= 15 is 0 Å². The molecule has 0 unspecified atom stereocenters. The van der Waals surface area contributed by atoms with Gasteiger partial charge in [-0.15, -0.1) is 0 Å². The van der Waals surface area contributed by atoms with Crippen LogP contribution in [0.1, 0.15) is 42.6 Å². The Morgan fingerprint density at radius 2 is 2.00 bits per heavy atom. The molecule has 0 bridgehead atoms. The highest BCUT2D eigenvalue weighted by Crippen LogP contribution is 2.42. The second-order valence-electron chi connectivity index (χ2n) is 7.04. The molecular weight excluding hydrogens is 352 g/mol. The standard InChI is InChI=1S/C19H22N2O6/c1-11(22)12-4-7-15(26-3)13(8-12)10-27-16(23)9-21-17(24)19(2,14-5-6-14)20-18(21)25/h4,7-8,14H,5-6,9-10H2,1-3H3,(H,20,25)/t19-/m1/s1. The number of carbonyl (C=O) groups excluding carboxylic acids is 4. The van der Waals surface area contributed by atoms with E-state index in [1.807, 2.05) is 0 Å². The molecule has 8 nitrogen and oxygen atoms in total. The van der Waals surface area contributed by atoms with Crippen LogP contribution < -0.4 is 10.1 Å². The smallest absolute Gasteiger partial charge is 0.326 e. The first kappa shape index (κ1) is 18.9. The maximum atomic E-state index is 12.5. The summed E-state index contributed by atoms with van der Waals surface area (Å²) in [7, 11) is 1.47. The van der Waals surface area contributed by atoms with E-state index in [-0.39, 0.29) is 18.3 Å². The number of benzene rings is 1. The summed E-state index contributed by atoms with van der Waals surface area (Å²) >= 11 is 0. The average molecular weight is 374 g/mol. The number of amides is 3. The van der Waals surface area contributed by atoms with Crippen molar-refractivity contribution in [1.82, 2.24) is 10.2 Å². The molecule has 8 heteroatoms. The predicted molar refractivity (Wildman–Crippen MR) is 94.2 cm³/mol. The van der Waals surface area contributed by atoms with E-state index in [2.05, 4.69) is 5.32 Å². The van der Waals surface area contributed by atoms with Crippen molar-refractivity contribution < 1.29 is 28.7 Å². The van der Waals surface area contributed by atoms with Crippen molar-refractivity contribution >= 4 is 23.7 Å². The van der Waals surface area contributed by atoms with Crippen LogP contribution in [0.25, 0.3) is 0 Å². The van der Waals surface area contributed by atoms with Gasteiger partial charge in [0.25, 0.3) is 5.91 Å². The lowest BCUT2D eigenvalue weighted by Crippen LogP contribution is -2.46. The fraction of sp³-hybridized carbons (Fsp3) is 0.474. The number of methoxy groups -OCH3 is 1. The number of hydrogen-bond donors (Lipinski definition) is 1. The van der Waals surface area contributed by atoms with Crippen LogP contribution in [-0.2, 0) is 20.9 Å². The van der Waals surface area contributed by atoms with E-state index in [0.29, 0.717) is 16.9 Å². The minimum absolute atomic E-state index is 0.119. The van der Waals surface area contributed by atoms with Crippen LogP contribution in [0.5, 0.6) is 5.75 Å². The average Bonchev–Trinajstić information content (AvgIpc) is 3.45. The zero-order valence-electron chi connectivity index (χ0n) is 15.5. The fourth-order valence-corrected chi connectivity index (χ4v) is 3.24. The second-order valence-corrected chi connectivity index (χ2v) is 7.04. The van der Waals surface area contributed by atoms with Gasteiger partial charge in [0.2, 0.25) is 0 Å². The molecule has 2 fully saturated rings. The third-order valence-electron chi connectivity index (χ3n) is 5.06. The van der Waals surface area contributed by atoms with Gasteiger partial charge in [-0.1, -0.05) is 0 Å². The molecule has 1 aliphatic carbocycles. The molecular formula is C19H22N2O6. The number of nitrogens with one attached hydrogen (secondary N) is 1. The number of hydrogen-bond acceptors (Lipinski definition) is 6. The first-order valence-electron chi connectivity index (χ1n) is 8.74. The minimum atomic E-state index is -0.934. The van der Waals surface area contributed by atoms with Gasteiger partial charge in [-0.05, 0) is 50.8 Å². The molecule has 3 rings (SSSR count). The van der Waals surface area contributed by atoms with Crippen molar-refractivity contribution in [3.63, 3.8) is 0 Å². The predicted octanol–water partition coefficient (Wildman–Crippen LogP) is 1.66.